The first-order valence-electron chi connectivity index (χ1n) is 6.05. The molecule has 1 unspecified atom stereocenters. The van der Waals surface area contributed by atoms with Crippen molar-refractivity contribution in [2.24, 2.45) is 0 Å². The Hall–Kier alpha value is -1.37. The number of carbonyl (C=O) groups excluding carboxylic acids is 1. The molecule has 2 aromatic rings. The van der Waals surface area contributed by atoms with Gasteiger partial charge in [0.15, 0.2) is 0 Å². The van der Waals surface area contributed by atoms with Crippen LogP contribution in [0.5, 0.6) is 0 Å². The Morgan fingerprint density at radius 1 is 1.50 bits per heavy atom. The molecule has 1 aliphatic rings. The molecule has 1 amide bonds. The third-order valence-corrected chi connectivity index (χ3v) is 4.33. The first-order valence-corrected chi connectivity index (χ1v) is 7.22. The molecule has 104 valence electrons. The molecule has 0 saturated carbocycles. The number of likely N-dealkylation sites (N-methyl/N-ethyl adjacent to an activating group) is 1. The van der Waals surface area contributed by atoms with Gasteiger partial charge in [-0.3, -0.25) is 4.79 Å². The van der Waals surface area contributed by atoms with E-state index >= 15 is 0 Å². The third kappa shape index (κ3) is 2.04. The zero-order valence-electron chi connectivity index (χ0n) is 10.9. The van der Waals surface area contributed by atoms with Gasteiger partial charge in [-0.25, -0.2) is 4.68 Å². The predicted octanol–water partition coefficient (Wildman–Crippen LogP) is 2.81. The van der Waals surface area contributed by atoms with Crippen molar-refractivity contribution in [1.82, 2.24) is 15.1 Å². The van der Waals surface area contributed by atoms with E-state index in [0.29, 0.717) is 5.02 Å². The highest BCUT2D eigenvalue weighted by Gasteiger charge is 2.30. The second-order valence-electron chi connectivity index (χ2n) is 4.61. The predicted molar refractivity (Wildman–Crippen MR) is 81.4 cm³/mol. The molecule has 5 nitrogen and oxygen atoms in total. The number of hydrogen-bond donors (Lipinski definition) is 2. The van der Waals surface area contributed by atoms with Crippen molar-refractivity contribution >= 4 is 39.1 Å². The zero-order chi connectivity index (χ0) is 14.4. The molecule has 0 fully saturated rings. The van der Waals surface area contributed by atoms with Crippen molar-refractivity contribution in [3.05, 3.63) is 39.1 Å². The van der Waals surface area contributed by atoms with Crippen molar-refractivity contribution < 1.29 is 4.79 Å². The summed E-state index contributed by atoms with van der Waals surface area (Å²) in [6, 6.07) is 3.49. The maximum Gasteiger partial charge on any atom is 0.246 e. The fourth-order valence-electron chi connectivity index (χ4n) is 2.30. The molecule has 0 aliphatic carbocycles. The highest BCUT2D eigenvalue weighted by Crippen LogP contribution is 2.36. The number of amides is 1. The number of nitrogens with zero attached hydrogens (tertiary/aromatic N) is 2. The number of halogens is 2. The fourth-order valence-corrected chi connectivity index (χ4v) is 2.97. The van der Waals surface area contributed by atoms with Crippen LogP contribution in [0.2, 0.25) is 5.02 Å². The van der Waals surface area contributed by atoms with Crippen molar-refractivity contribution in [2.45, 2.75) is 13.0 Å². The van der Waals surface area contributed by atoms with Crippen LogP contribution >= 0.6 is 27.5 Å². The topological polar surface area (TPSA) is 59.0 Å². The van der Waals surface area contributed by atoms with Gasteiger partial charge < -0.3 is 10.6 Å². The molecule has 7 heteroatoms. The lowest BCUT2D eigenvalue weighted by Crippen LogP contribution is -2.23. The normalized spacial score (nSPS) is 17.2. The van der Waals surface area contributed by atoms with Gasteiger partial charge in [0, 0.05) is 21.9 Å². The summed E-state index contributed by atoms with van der Waals surface area (Å²) in [5.41, 5.74) is 3.30. The monoisotopic (exact) mass is 354 g/mol. The summed E-state index contributed by atoms with van der Waals surface area (Å²) in [7, 11) is 1.76. The van der Waals surface area contributed by atoms with Crippen molar-refractivity contribution in [2.75, 3.05) is 12.4 Å². The average Bonchev–Trinajstić information content (AvgIpc) is 2.88. The van der Waals surface area contributed by atoms with E-state index in [1.165, 1.54) is 0 Å². The Labute approximate surface area is 129 Å². The van der Waals surface area contributed by atoms with Gasteiger partial charge >= 0.3 is 0 Å². The number of anilines is 1. The highest BCUT2D eigenvalue weighted by molar-refractivity contribution is 9.10. The van der Waals surface area contributed by atoms with Gasteiger partial charge in [-0.05, 0) is 42.0 Å². The van der Waals surface area contributed by atoms with E-state index in [2.05, 4.69) is 31.7 Å². The molecule has 2 N–H and O–H groups in total. The van der Waals surface area contributed by atoms with Crippen LogP contribution < -0.4 is 10.6 Å². The summed E-state index contributed by atoms with van der Waals surface area (Å²) in [5.74, 6) is -0.0544. The summed E-state index contributed by atoms with van der Waals surface area (Å²) >= 11 is 9.57. The minimum absolute atomic E-state index is 0.0544. The number of nitrogens with one attached hydrogen (secondary N) is 2. The SMILES string of the molecule is CNC1C(=O)Nc2cc(-n3cc(Cl)c(C)n3)c(Br)cc21. The van der Waals surface area contributed by atoms with E-state index in [9.17, 15) is 4.79 Å². The maximum atomic E-state index is 11.8. The first kappa shape index (κ1) is 13.6. The summed E-state index contributed by atoms with van der Waals surface area (Å²) in [6.45, 7) is 1.85. The maximum absolute atomic E-state index is 11.8. The zero-order valence-corrected chi connectivity index (χ0v) is 13.2. The number of aryl methyl sites for hydroxylation is 1. The smallest absolute Gasteiger partial charge is 0.246 e. The molecular weight excluding hydrogens is 344 g/mol. The molecule has 1 aromatic carbocycles. The van der Waals surface area contributed by atoms with Crippen molar-refractivity contribution in [1.29, 1.82) is 0 Å². The van der Waals surface area contributed by atoms with Crippen LogP contribution in [0.15, 0.2) is 22.8 Å². The van der Waals surface area contributed by atoms with Gasteiger partial charge in [0.1, 0.15) is 6.04 Å². The van der Waals surface area contributed by atoms with Gasteiger partial charge in [0.05, 0.1) is 16.4 Å². The van der Waals surface area contributed by atoms with E-state index in [1.54, 1.807) is 17.9 Å². The fraction of sp³-hybridized carbons (Fsp3) is 0.231. The lowest BCUT2D eigenvalue weighted by molar-refractivity contribution is -0.117. The molecule has 0 saturated heterocycles. The quantitative estimate of drug-likeness (QED) is 0.871. The number of aromatic nitrogens is 2. The average molecular weight is 356 g/mol. The second-order valence-corrected chi connectivity index (χ2v) is 5.87. The first-order chi connectivity index (χ1) is 9.51. The number of rotatable bonds is 2. The van der Waals surface area contributed by atoms with Crippen LogP contribution in [0.1, 0.15) is 17.3 Å². The molecule has 2 heterocycles. The molecule has 3 rings (SSSR count). The molecule has 1 aromatic heterocycles. The molecule has 1 atom stereocenters. The summed E-state index contributed by atoms with van der Waals surface area (Å²) in [4.78, 5) is 11.8. The van der Waals surface area contributed by atoms with E-state index in [4.69, 9.17) is 11.6 Å². The molecular formula is C13H12BrClN4O. The van der Waals surface area contributed by atoms with E-state index in [-0.39, 0.29) is 11.9 Å². The number of fused-ring (bicyclic) bond motifs is 1. The molecule has 1 aliphatic heterocycles. The lowest BCUT2D eigenvalue weighted by atomic mass is 10.1. The second kappa shape index (κ2) is 4.87. The third-order valence-electron chi connectivity index (χ3n) is 3.32. The number of benzene rings is 1. The van der Waals surface area contributed by atoms with Crippen LogP contribution in [-0.4, -0.2) is 22.7 Å². The largest absolute Gasteiger partial charge is 0.324 e. The Morgan fingerprint density at radius 3 is 2.85 bits per heavy atom. The van der Waals surface area contributed by atoms with Crippen LogP contribution in [0, 0.1) is 6.92 Å². The summed E-state index contributed by atoms with van der Waals surface area (Å²) in [5, 5.41) is 10.8. The molecule has 20 heavy (non-hydrogen) atoms. The summed E-state index contributed by atoms with van der Waals surface area (Å²) in [6.07, 6.45) is 1.75. The van der Waals surface area contributed by atoms with Gasteiger partial charge in [0.2, 0.25) is 5.91 Å². The lowest BCUT2D eigenvalue weighted by Gasteiger charge is -2.10. The minimum Gasteiger partial charge on any atom is -0.324 e. The molecule has 0 radical (unpaired) electrons. The van der Waals surface area contributed by atoms with Gasteiger partial charge in [0.25, 0.3) is 0 Å². The molecule has 0 bridgehead atoms. The van der Waals surface area contributed by atoms with Crippen LogP contribution in [-0.2, 0) is 4.79 Å². The van der Waals surface area contributed by atoms with Crippen molar-refractivity contribution in [3.8, 4) is 5.69 Å². The van der Waals surface area contributed by atoms with Crippen molar-refractivity contribution in [3.63, 3.8) is 0 Å². The van der Waals surface area contributed by atoms with Crippen LogP contribution in [0.3, 0.4) is 0 Å². The Morgan fingerprint density at radius 2 is 2.25 bits per heavy atom. The standard InChI is InChI=1S/C13H12BrClN4O/c1-6-9(15)5-19(18-6)11-4-10-7(3-8(11)14)12(16-2)13(20)17-10/h3-5,12,16H,1-2H3,(H,17,20). The van der Waals surface area contributed by atoms with E-state index < -0.39 is 0 Å². The number of carbonyl (C=O) groups is 1. The Kier molecular flexibility index (Phi) is 3.32. The molecule has 0 spiro atoms. The Balaban J connectivity index is 2.12. The summed E-state index contributed by atoms with van der Waals surface area (Å²) < 4.78 is 2.55. The Bertz CT molecular complexity index is 693. The van der Waals surface area contributed by atoms with Gasteiger partial charge in [-0.1, -0.05) is 11.6 Å². The van der Waals surface area contributed by atoms with Gasteiger partial charge in [-0.15, -0.1) is 0 Å². The minimum atomic E-state index is -0.321. The number of hydrogen-bond acceptors (Lipinski definition) is 3. The van der Waals surface area contributed by atoms with Crippen LogP contribution in [0.4, 0.5) is 5.69 Å². The van der Waals surface area contributed by atoms with Crippen LogP contribution in [0.25, 0.3) is 5.69 Å². The van der Waals surface area contributed by atoms with Gasteiger partial charge in [-0.2, -0.15) is 5.10 Å². The van der Waals surface area contributed by atoms with E-state index in [1.807, 2.05) is 19.1 Å². The highest BCUT2D eigenvalue weighted by atomic mass is 79.9. The van der Waals surface area contributed by atoms with E-state index in [0.717, 1.165) is 27.1 Å².